The third-order valence-corrected chi connectivity index (χ3v) is 5.41. The molecule has 2 N–H and O–H groups in total. The highest BCUT2D eigenvalue weighted by Crippen LogP contribution is 2.31. The van der Waals surface area contributed by atoms with E-state index in [0.717, 1.165) is 18.7 Å². The van der Waals surface area contributed by atoms with Crippen molar-refractivity contribution in [2.24, 2.45) is 5.92 Å². The summed E-state index contributed by atoms with van der Waals surface area (Å²) in [6, 6.07) is 18.9. The van der Waals surface area contributed by atoms with Crippen LogP contribution in [0.3, 0.4) is 0 Å². The molecule has 0 radical (unpaired) electrons. The van der Waals surface area contributed by atoms with Gasteiger partial charge >= 0.3 is 0 Å². The molecule has 3 unspecified atom stereocenters. The zero-order valence-electron chi connectivity index (χ0n) is 16.3. The molecule has 3 nitrogen and oxygen atoms in total. The number of benzene rings is 2. The lowest BCUT2D eigenvalue weighted by atomic mass is 9.83. The Balaban J connectivity index is 1.70. The average Bonchev–Trinajstić information content (AvgIpc) is 3.11. The third-order valence-electron chi connectivity index (χ3n) is 5.41. The Kier molecular flexibility index (Phi) is 5.47. The maximum atomic E-state index is 12.9. The number of nitrogens with one attached hydrogen (secondary N) is 2. The zero-order valence-corrected chi connectivity index (χ0v) is 16.3. The molecule has 1 saturated heterocycles. The fourth-order valence-electron chi connectivity index (χ4n) is 3.68. The Bertz CT molecular complexity index is 731. The molecule has 1 heterocycles. The van der Waals surface area contributed by atoms with E-state index in [4.69, 9.17) is 0 Å². The molecule has 3 rings (SSSR count). The molecule has 1 amide bonds. The van der Waals surface area contributed by atoms with Crippen molar-refractivity contribution >= 4 is 5.91 Å². The number of carbonyl (C=O) groups is 1. The van der Waals surface area contributed by atoms with Gasteiger partial charge in [-0.2, -0.15) is 0 Å². The number of carbonyl (C=O) groups excluding carboxylic acids is 1. The van der Waals surface area contributed by atoms with Crippen LogP contribution in [0.5, 0.6) is 0 Å². The lowest BCUT2D eigenvalue weighted by Crippen LogP contribution is -2.36. The number of amides is 1. The Morgan fingerprint density at radius 2 is 1.69 bits per heavy atom. The normalized spacial score (nSPS) is 21.4. The molecule has 3 heteroatoms. The van der Waals surface area contributed by atoms with E-state index in [0.29, 0.717) is 0 Å². The lowest BCUT2D eigenvalue weighted by molar-refractivity contribution is -0.125. The van der Waals surface area contributed by atoms with Crippen LogP contribution in [0, 0.1) is 5.92 Å². The van der Waals surface area contributed by atoms with E-state index in [-0.39, 0.29) is 29.2 Å². The van der Waals surface area contributed by atoms with E-state index in [1.165, 1.54) is 11.1 Å². The van der Waals surface area contributed by atoms with Crippen molar-refractivity contribution in [2.45, 2.75) is 45.1 Å². The molecule has 26 heavy (non-hydrogen) atoms. The molecule has 0 saturated carbocycles. The lowest BCUT2D eigenvalue weighted by Gasteiger charge is -2.23. The first-order chi connectivity index (χ1) is 12.4. The van der Waals surface area contributed by atoms with E-state index in [1.54, 1.807) is 0 Å². The molecule has 0 aliphatic carbocycles. The van der Waals surface area contributed by atoms with Crippen LogP contribution in [0.1, 0.15) is 56.3 Å². The molecule has 1 aliphatic rings. The highest BCUT2D eigenvalue weighted by Gasteiger charge is 2.34. The van der Waals surface area contributed by atoms with Gasteiger partial charge in [-0.1, -0.05) is 75.4 Å². The first-order valence-electron chi connectivity index (χ1n) is 9.53. The summed E-state index contributed by atoms with van der Waals surface area (Å²) in [4.78, 5) is 12.9. The van der Waals surface area contributed by atoms with Gasteiger partial charge in [0, 0.05) is 19.0 Å². The standard InChI is InChI=1S/C23H30N2O/c1-16(17-8-6-5-7-9-17)25-22(26)21-15-24-14-20(21)18-10-12-19(13-11-18)23(2,3)4/h5-13,16,20-21,24H,14-15H2,1-4H3,(H,25,26). The summed E-state index contributed by atoms with van der Waals surface area (Å²) in [7, 11) is 0. The Morgan fingerprint density at radius 1 is 1.04 bits per heavy atom. The summed E-state index contributed by atoms with van der Waals surface area (Å²) in [6.45, 7) is 10.3. The number of hydrogen-bond acceptors (Lipinski definition) is 2. The summed E-state index contributed by atoms with van der Waals surface area (Å²) < 4.78 is 0. The molecular weight excluding hydrogens is 320 g/mol. The molecule has 0 spiro atoms. The highest BCUT2D eigenvalue weighted by atomic mass is 16.2. The summed E-state index contributed by atoms with van der Waals surface area (Å²) in [5.74, 6) is 0.338. The topological polar surface area (TPSA) is 41.1 Å². The fraction of sp³-hybridized carbons (Fsp3) is 0.435. The van der Waals surface area contributed by atoms with Gasteiger partial charge in [0.25, 0.3) is 0 Å². The van der Waals surface area contributed by atoms with Crippen LogP contribution < -0.4 is 10.6 Å². The molecule has 1 aliphatic heterocycles. The number of hydrogen-bond donors (Lipinski definition) is 2. The van der Waals surface area contributed by atoms with Gasteiger partial charge in [-0.25, -0.2) is 0 Å². The first kappa shape index (κ1) is 18.7. The van der Waals surface area contributed by atoms with E-state index < -0.39 is 0 Å². The van der Waals surface area contributed by atoms with Crippen LogP contribution in [0.4, 0.5) is 0 Å². The molecule has 2 aromatic carbocycles. The zero-order chi connectivity index (χ0) is 18.7. The number of rotatable bonds is 4. The van der Waals surface area contributed by atoms with Gasteiger partial charge in [0.05, 0.1) is 12.0 Å². The van der Waals surface area contributed by atoms with Gasteiger partial charge in [0.2, 0.25) is 5.91 Å². The molecule has 0 bridgehead atoms. The second-order valence-electron chi connectivity index (χ2n) is 8.38. The van der Waals surface area contributed by atoms with Gasteiger partial charge in [-0.05, 0) is 29.0 Å². The van der Waals surface area contributed by atoms with Crippen LogP contribution in [-0.2, 0) is 10.2 Å². The highest BCUT2D eigenvalue weighted by molar-refractivity contribution is 5.81. The van der Waals surface area contributed by atoms with Gasteiger partial charge in [-0.15, -0.1) is 0 Å². The molecule has 0 aromatic heterocycles. The molecule has 3 atom stereocenters. The van der Waals surface area contributed by atoms with Gasteiger partial charge in [0.15, 0.2) is 0 Å². The summed E-state index contributed by atoms with van der Waals surface area (Å²) in [5, 5.41) is 6.59. The quantitative estimate of drug-likeness (QED) is 0.869. The minimum atomic E-state index is -0.0263. The Labute approximate surface area is 157 Å². The van der Waals surface area contributed by atoms with Gasteiger partial charge in [0.1, 0.15) is 0 Å². The van der Waals surface area contributed by atoms with Gasteiger partial charge < -0.3 is 10.6 Å². The monoisotopic (exact) mass is 350 g/mol. The van der Waals surface area contributed by atoms with Crippen LogP contribution in [0.25, 0.3) is 0 Å². The smallest absolute Gasteiger partial charge is 0.225 e. The Morgan fingerprint density at radius 3 is 2.31 bits per heavy atom. The largest absolute Gasteiger partial charge is 0.349 e. The van der Waals surface area contributed by atoms with Crippen molar-refractivity contribution < 1.29 is 4.79 Å². The van der Waals surface area contributed by atoms with Crippen molar-refractivity contribution in [3.8, 4) is 0 Å². The van der Waals surface area contributed by atoms with Crippen molar-refractivity contribution in [3.05, 3.63) is 71.3 Å². The predicted octanol–water partition coefficient (Wildman–Crippen LogP) is 4.16. The van der Waals surface area contributed by atoms with Crippen LogP contribution in [-0.4, -0.2) is 19.0 Å². The maximum Gasteiger partial charge on any atom is 0.225 e. The summed E-state index contributed by atoms with van der Waals surface area (Å²) in [6.07, 6.45) is 0. The minimum absolute atomic E-state index is 0.0215. The van der Waals surface area contributed by atoms with Gasteiger partial charge in [-0.3, -0.25) is 4.79 Å². The predicted molar refractivity (Wildman–Crippen MR) is 107 cm³/mol. The molecule has 1 fully saturated rings. The fourth-order valence-corrected chi connectivity index (χ4v) is 3.68. The van der Waals surface area contributed by atoms with Crippen molar-refractivity contribution in [3.63, 3.8) is 0 Å². The molecular formula is C23H30N2O. The van der Waals surface area contributed by atoms with E-state index in [1.807, 2.05) is 25.1 Å². The second-order valence-corrected chi connectivity index (χ2v) is 8.38. The maximum absolute atomic E-state index is 12.9. The third kappa shape index (κ3) is 4.16. The van der Waals surface area contributed by atoms with Crippen LogP contribution in [0.15, 0.2) is 54.6 Å². The Hall–Kier alpha value is -2.13. The van der Waals surface area contributed by atoms with Crippen molar-refractivity contribution in [2.75, 3.05) is 13.1 Å². The average molecular weight is 351 g/mol. The molecule has 2 aromatic rings. The van der Waals surface area contributed by atoms with Crippen molar-refractivity contribution in [1.29, 1.82) is 0 Å². The summed E-state index contributed by atoms with van der Waals surface area (Å²) in [5.41, 5.74) is 3.85. The summed E-state index contributed by atoms with van der Waals surface area (Å²) >= 11 is 0. The van der Waals surface area contributed by atoms with Crippen LogP contribution >= 0.6 is 0 Å². The van der Waals surface area contributed by atoms with Crippen molar-refractivity contribution in [1.82, 2.24) is 10.6 Å². The van der Waals surface area contributed by atoms with E-state index in [2.05, 4.69) is 67.8 Å². The van der Waals surface area contributed by atoms with E-state index in [9.17, 15) is 4.79 Å². The molecule has 138 valence electrons. The first-order valence-corrected chi connectivity index (χ1v) is 9.53. The SMILES string of the molecule is CC(NC(=O)C1CNCC1c1ccc(C(C)(C)C)cc1)c1ccccc1. The van der Waals surface area contributed by atoms with Crippen LogP contribution in [0.2, 0.25) is 0 Å². The minimum Gasteiger partial charge on any atom is -0.349 e. The second kappa shape index (κ2) is 7.63. The van der Waals surface area contributed by atoms with E-state index >= 15 is 0 Å².